The molecule has 0 fully saturated rings. The Labute approximate surface area is 120 Å². The smallest absolute Gasteiger partial charge is 0.273 e. The molecule has 2 rings (SSSR count). The van der Waals surface area contributed by atoms with Crippen LogP contribution in [0.15, 0.2) is 36.4 Å². The van der Waals surface area contributed by atoms with Crippen molar-refractivity contribution in [2.75, 3.05) is 24.8 Å². The molecule has 21 heavy (non-hydrogen) atoms. The molecule has 6 nitrogen and oxygen atoms in total. The van der Waals surface area contributed by atoms with Gasteiger partial charge in [0.2, 0.25) is 0 Å². The van der Waals surface area contributed by atoms with E-state index in [1.807, 2.05) is 0 Å². The number of halogens is 1. The van der Waals surface area contributed by atoms with Gasteiger partial charge in [-0.1, -0.05) is 0 Å². The molecule has 0 aromatic heterocycles. The van der Waals surface area contributed by atoms with Crippen LogP contribution in [0, 0.1) is 15.9 Å². The third kappa shape index (κ3) is 3.38. The number of benzene rings is 2. The van der Waals surface area contributed by atoms with Gasteiger partial charge in [0.05, 0.1) is 17.7 Å². The molecule has 0 aliphatic rings. The fourth-order valence-corrected chi connectivity index (χ4v) is 1.86. The fourth-order valence-electron chi connectivity index (χ4n) is 1.86. The summed E-state index contributed by atoms with van der Waals surface area (Å²) in [6.45, 7) is 0. The third-order valence-corrected chi connectivity index (χ3v) is 2.86. The lowest BCUT2D eigenvalue weighted by atomic mass is 10.2. The number of rotatable bonds is 5. The number of anilines is 3. The third-order valence-electron chi connectivity index (χ3n) is 2.86. The van der Waals surface area contributed by atoms with Gasteiger partial charge >= 0.3 is 0 Å². The summed E-state index contributed by atoms with van der Waals surface area (Å²) < 4.78 is 18.2. The molecular formula is C14H14FN3O3. The van der Waals surface area contributed by atoms with Crippen molar-refractivity contribution in [3.63, 3.8) is 0 Å². The van der Waals surface area contributed by atoms with Gasteiger partial charge in [-0.2, -0.15) is 0 Å². The van der Waals surface area contributed by atoms with E-state index < -0.39 is 10.7 Å². The van der Waals surface area contributed by atoms with Crippen LogP contribution in [0.1, 0.15) is 0 Å². The summed E-state index contributed by atoms with van der Waals surface area (Å²) in [5, 5.41) is 16.8. The van der Waals surface area contributed by atoms with Gasteiger partial charge in [0.25, 0.3) is 5.69 Å². The minimum absolute atomic E-state index is 0.0505. The van der Waals surface area contributed by atoms with Gasteiger partial charge < -0.3 is 15.4 Å². The number of hydrogen-bond donors (Lipinski definition) is 2. The van der Waals surface area contributed by atoms with E-state index in [0.29, 0.717) is 22.8 Å². The Morgan fingerprint density at radius 2 is 1.90 bits per heavy atom. The van der Waals surface area contributed by atoms with E-state index in [4.69, 9.17) is 4.74 Å². The number of non-ortho nitro benzene ring substituents is 1. The molecule has 0 saturated carbocycles. The topological polar surface area (TPSA) is 76.4 Å². The number of nitro benzene ring substituents is 1. The molecule has 0 radical (unpaired) electrons. The highest BCUT2D eigenvalue weighted by Gasteiger charge is 2.11. The number of ether oxygens (including phenoxy) is 1. The summed E-state index contributed by atoms with van der Waals surface area (Å²) in [5.74, 6) is -0.111. The standard InChI is InChI=1S/C14H14FN3O3/c1-16-10-6-11(8-12(7-10)18(19)20)17-13-4-3-9(15)5-14(13)21-2/h3-8,16-17H,1-2H3. The first-order chi connectivity index (χ1) is 10.0. The van der Waals surface area contributed by atoms with Crippen LogP contribution in [0.2, 0.25) is 0 Å². The van der Waals surface area contributed by atoms with Crippen LogP contribution in [-0.4, -0.2) is 19.1 Å². The van der Waals surface area contributed by atoms with Crippen molar-refractivity contribution in [3.05, 3.63) is 52.3 Å². The van der Waals surface area contributed by atoms with Crippen molar-refractivity contribution in [1.29, 1.82) is 0 Å². The summed E-state index contributed by atoms with van der Waals surface area (Å²) in [6.07, 6.45) is 0. The number of nitrogens with zero attached hydrogens (tertiary/aromatic N) is 1. The first kappa shape index (κ1) is 14.6. The van der Waals surface area contributed by atoms with E-state index in [0.717, 1.165) is 0 Å². The molecule has 0 spiro atoms. The highest BCUT2D eigenvalue weighted by Crippen LogP contribution is 2.31. The molecule has 0 atom stereocenters. The Bertz CT molecular complexity index is 677. The van der Waals surface area contributed by atoms with Gasteiger partial charge in [0.1, 0.15) is 11.6 Å². The zero-order chi connectivity index (χ0) is 15.4. The van der Waals surface area contributed by atoms with Crippen molar-refractivity contribution in [2.45, 2.75) is 0 Å². The maximum absolute atomic E-state index is 13.2. The summed E-state index contributed by atoms with van der Waals surface area (Å²) in [5.41, 5.74) is 1.55. The number of nitro groups is 1. The highest BCUT2D eigenvalue weighted by atomic mass is 19.1. The molecular weight excluding hydrogens is 277 g/mol. The van der Waals surface area contributed by atoms with E-state index in [9.17, 15) is 14.5 Å². The largest absolute Gasteiger partial charge is 0.494 e. The van der Waals surface area contributed by atoms with Crippen LogP contribution in [0.4, 0.5) is 27.1 Å². The summed E-state index contributed by atoms with van der Waals surface area (Å²) in [7, 11) is 3.09. The lowest BCUT2D eigenvalue weighted by Crippen LogP contribution is -1.98. The normalized spacial score (nSPS) is 10.0. The molecule has 2 aromatic rings. The van der Waals surface area contributed by atoms with Crippen molar-refractivity contribution in [2.24, 2.45) is 0 Å². The zero-order valence-corrected chi connectivity index (χ0v) is 11.5. The Kier molecular flexibility index (Phi) is 4.22. The zero-order valence-electron chi connectivity index (χ0n) is 11.5. The molecule has 7 heteroatoms. The summed E-state index contributed by atoms with van der Waals surface area (Å²) in [6, 6.07) is 8.54. The monoisotopic (exact) mass is 291 g/mol. The van der Waals surface area contributed by atoms with E-state index in [1.165, 1.54) is 37.4 Å². The number of methoxy groups -OCH3 is 1. The minimum atomic E-state index is -0.478. The van der Waals surface area contributed by atoms with Crippen LogP contribution in [0.3, 0.4) is 0 Å². The maximum atomic E-state index is 13.2. The van der Waals surface area contributed by atoms with E-state index in [2.05, 4.69) is 10.6 Å². The van der Waals surface area contributed by atoms with Gasteiger partial charge in [-0.25, -0.2) is 4.39 Å². The second-order valence-electron chi connectivity index (χ2n) is 4.25. The molecule has 0 heterocycles. The number of nitrogens with one attached hydrogen (secondary N) is 2. The Morgan fingerprint density at radius 3 is 2.52 bits per heavy atom. The minimum Gasteiger partial charge on any atom is -0.494 e. The molecule has 2 N–H and O–H groups in total. The lowest BCUT2D eigenvalue weighted by molar-refractivity contribution is -0.384. The predicted octanol–water partition coefficient (Wildman–Crippen LogP) is 3.53. The molecule has 2 aromatic carbocycles. The molecule has 0 aliphatic heterocycles. The molecule has 0 aliphatic carbocycles. The molecule has 0 unspecified atom stereocenters. The average Bonchev–Trinajstić information content (AvgIpc) is 2.48. The first-order valence-electron chi connectivity index (χ1n) is 6.11. The van der Waals surface area contributed by atoms with E-state index in [-0.39, 0.29) is 5.69 Å². The first-order valence-corrected chi connectivity index (χ1v) is 6.11. The SMILES string of the molecule is CNc1cc(Nc2ccc(F)cc2OC)cc([N+](=O)[O-])c1. The second kappa shape index (κ2) is 6.08. The van der Waals surface area contributed by atoms with Crippen LogP contribution in [0.25, 0.3) is 0 Å². The fraction of sp³-hybridized carbons (Fsp3) is 0.143. The van der Waals surface area contributed by atoms with Gasteiger partial charge in [0, 0.05) is 36.6 Å². The van der Waals surface area contributed by atoms with E-state index in [1.54, 1.807) is 13.1 Å². The predicted molar refractivity (Wildman–Crippen MR) is 78.9 cm³/mol. The highest BCUT2D eigenvalue weighted by molar-refractivity contribution is 5.71. The van der Waals surface area contributed by atoms with Crippen molar-refractivity contribution < 1.29 is 14.1 Å². The van der Waals surface area contributed by atoms with Crippen LogP contribution >= 0.6 is 0 Å². The van der Waals surface area contributed by atoms with E-state index >= 15 is 0 Å². The van der Waals surface area contributed by atoms with Crippen molar-refractivity contribution in [3.8, 4) is 5.75 Å². The van der Waals surface area contributed by atoms with Gasteiger partial charge in [0.15, 0.2) is 0 Å². The Balaban J connectivity index is 2.39. The van der Waals surface area contributed by atoms with Gasteiger partial charge in [-0.3, -0.25) is 10.1 Å². The van der Waals surface area contributed by atoms with Crippen LogP contribution in [0.5, 0.6) is 5.75 Å². The van der Waals surface area contributed by atoms with Crippen LogP contribution in [-0.2, 0) is 0 Å². The quantitative estimate of drug-likeness (QED) is 0.651. The molecule has 110 valence electrons. The van der Waals surface area contributed by atoms with Crippen LogP contribution < -0.4 is 15.4 Å². The van der Waals surface area contributed by atoms with Gasteiger partial charge in [-0.05, 0) is 18.2 Å². The summed E-state index contributed by atoms with van der Waals surface area (Å²) >= 11 is 0. The average molecular weight is 291 g/mol. The molecule has 0 saturated heterocycles. The van der Waals surface area contributed by atoms with Crippen molar-refractivity contribution >= 4 is 22.7 Å². The summed E-state index contributed by atoms with van der Waals surface area (Å²) in [4.78, 5) is 10.4. The number of hydrogen-bond acceptors (Lipinski definition) is 5. The second-order valence-corrected chi connectivity index (χ2v) is 4.25. The Hall–Kier alpha value is -2.83. The van der Waals surface area contributed by atoms with Gasteiger partial charge in [-0.15, -0.1) is 0 Å². The lowest BCUT2D eigenvalue weighted by Gasteiger charge is -2.12. The maximum Gasteiger partial charge on any atom is 0.273 e. The Morgan fingerprint density at radius 1 is 1.19 bits per heavy atom. The molecule has 0 amide bonds. The van der Waals surface area contributed by atoms with Crippen molar-refractivity contribution in [1.82, 2.24) is 0 Å². The molecule has 0 bridgehead atoms.